The van der Waals surface area contributed by atoms with Crippen LogP contribution in [0.1, 0.15) is 34.7 Å². The number of rotatable bonds is 4. The van der Waals surface area contributed by atoms with E-state index in [2.05, 4.69) is 34.3 Å². The van der Waals surface area contributed by atoms with Crippen LogP contribution in [0.25, 0.3) is 11.0 Å². The predicted molar refractivity (Wildman–Crippen MR) is 116 cm³/mol. The number of nitrogens with two attached hydrogens (primary N) is 1. The molecule has 0 spiro atoms. The minimum Gasteiger partial charge on any atom is -0.388 e. The SMILES string of the molecule is Cc1cc2c(c(CCC3=C[C@@H](n4ccc5c(N)ncnc54)[C@H](O)[C@@H]3O)c1)CNCC2. The van der Waals surface area contributed by atoms with Gasteiger partial charge < -0.3 is 25.8 Å². The molecular weight excluding hydrogens is 378 g/mol. The first-order chi connectivity index (χ1) is 14.5. The smallest absolute Gasteiger partial charge is 0.146 e. The number of hydrogen-bond acceptors (Lipinski definition) is 6. The lowest BCUT2D eigenvalue weighted by Crippen LogP contribution is -2.29. The van der Waals surface area contributed by atoms with Crippen molar-refractivity contribution in [2.75, 3.05) is 12.3 Å². The van der Waals surface area contributed by atoms with E-state index >= 15 is 0 Å². The third-order valence-corrected chi connectivity index (χ3v) is 6.43. The van der Waals surface area contributed by atoms with E-state index in [1.54, 1.807) is 0 Å². The zero-order valence-corrected chi connectivity index (χ0v) is 17.0. The summed E-state index contributed by atoms with van der Waals surface area (Å²) < 4.78 is 1.87. The first-order valence-electron chi connectivity index (χ1n) is 10.5. The number of anilines is 1. The van der Waals surface area contributed by atoms with Gasteiger partial charge >= 0.3 is 0 Å². The van der Waals surface area contributed by atoms with Crippen LogP contribution in [-0.4, -0.2) is 43.5 Å². The van der Waals surface area contributed by atoms with Crippen LogP contribution >= 0.6 is 0 Å². The third kappa shape index (κ3) is 3.19. The Balaban J connectivity index is 1.42. The van der Waals surface area contributed by atoms with E-state index in [0.29, 0.717) is 17.9 Å². The fourth-order valence-corrected chi connectivity index (χ4v) is 4.89. The van der Waals surface area contributed by atoms with E-state index in [9.17, 15) is 10.2 Å². The number of benzene rings is 1. The standard InChI is InChI=1S/C23H27N5O2/c1-13-8-14(18-11-25-6-4-15(18)9-13)2-3-16-10-19(21(30)20(16)29)28-7-5-17-22(24)26-12-27-23(17)28/h5,7-10,12,19-21,25,29-30H,2-4,6,11H2,1H3,(H2,24,26,27)/t19-,20-,21+/m1/s1. The summed E-state index contributed by atoms with van der Waals surface area (Å²) in [6.07, 6.45) is 6.06. The third-order valence-electron chi connectivity index (χ3n) is 6.43. The van der Waals surface area contributed by atoms with Crippen molar-refractivity contribution < 1.29 is 10.2 Å². The van der Waals surface area contributed by atoms with Crippen LogP contribution in [0.2, 0.25) is 0 Å². The average molecular weight is 406 g/mol. The molecule has 1 aliphatic carbocycles. The quantitative estimate of drug-likeness (QED) is 0.493. The molecule has 156 valence electrons. The van der Waals surface area contributed by atoms with Gasteiger partial charge in [-0.25, -0.2) is 9.97 Å². The van der Waals surface area contributed by atoms with Gasteiger partial charge in [0.05, 0.1) is 11.4 Å². The molecule has 0 radical (unpaired) electrons. The van der Waals surface area contributed by atoms with Gasteiger partial charge in [0.2, 0.25) is 0 Å². The summed E-state index contributed by atoms with van der Waals surface area (Å²) >= 11 is 0. The summed E-state index contributed by atoms with van der Waals surface area (Å²) in [7, 11) is 0. The summed E-state index contributed by atoms with van der Waals surface area (Å²) in [6.45, 7) is 4.06. The molecule has 0 unspecified atom stereocenters. The molecule has 2 aliphatic rings. The van der Waals surface area contributed by atoms with E-state index in [-0.39, 0.29) is 6.04 Å². The molecule has 2 aromatic heterocycles. The van der Waals surface area contributed by atoms with Gasteiger partial charge in [-0.1, -0.05) is 23.8 Å². The maximum absolute atomic E-state index is 10.8. The number of hydrogen-bond donors (Lipinski definition) is 4. The van der Waals surface area contributed by atoms with E-state index in [1.807, 2.05) is 22.9 Å². The van der Waals surface area contributed by atoms with Gasteiger partial charge in [-0.3, -0.25) is 0 Å². The molecule has 7 nitrogen and oxygen atoms in total. The molecule has 7 heteroatoms. The van der Waals surface area contributed by atoms with Crippen LogP contribution in [0.5, 0.6) is 0 Å². The Kier molecular flexibility index (Phi) is 4.81. The summed E-state index contributed by atoms with van der Waals surface area (Å²) in [5, 5.41) is 25.7. The number of nitrogen functional groups attached to an aromatic ring is 1. The van der Waals surface area contributed by atoms with Crippen molar-refractivity contribution in [2.24, 2.45) is 0 Å². The minimum atomic E-state index is -0.917. The highest BCUT2D eigenvalue weighted by Crippen LogP contribution is 2.35. The summed E-state index contributed by atoms with van der Waals surface area (Å²) in [5.41, 5.74) is 12.9. The van der Waals surface area contributed by atoms with Gasteiger partial charge in [-0.15, -0.1) is 0 Å². The maximum atomic E-state index is 10.8. The Hall–Kier alpha value is -2.74. The van der Waals surface area contributed by atoms with Gasteiger partial charge in [0, 0.05) is 12.7 Å². The van der Waals surface area contributed by atoms with Crippen LogP contribution in [0, 0.1) is 6.92 Å². The molecule has 0 bridgehead atoms. The summed E-state index contributed by atoms with van der Waals surface area (Å²) in [6, 6.07) is 6.01. The molecule has 1 aliphatic heterocycles. The van der Waals surface area contributed by atoms with Crippen molar-refractivity contribution in [3.05, 3.63) is 64.6 Å². The van der Waals surface area contributed by atoms with Gasteiger partial charge in [-0.2, -0.15) is 0 Å². The molecule has 5 N–H and O–H groups in total. The van der Waals surface area contributed by atoms with Crippen molar-refractivity contribution in [1.29, 1.82) is 0 Å². The first kappa shape index (κ1) is 19.2. The molecular formula is C23H27N5O2. The van der Waals surface area contributed by atoms with E-state index < -0.39 is 12.2 Å². The molecule has 3 aromatic rings. The largest absolute Gasteiger partial charge is 0.388 e. The van der Waals surface area contributed by atoms with Crippen molar-refractivity contribution in [3.8, 4) is 0 Å². The molecule has 0 saturated heterocycles. The Labute approximate surface area is 175 Å². The summed E-state index contributed by atoms with van der Waals surface area (Å²) in [4.78, 5) is 8.35. The lowest BCUT2D eigenvalue weighted by molar-refractivity contribution is 0.0317. The van der Waals surface area contributed by atoms with Crippen LogP contribution in [0.15, 0.2) is 42.4 Å². The zero-order chi connectivity index (χ0) is 20.8. The Morgan fingerprint density at radius 2 is 2.10 bits per heavy atom. The molecule has 0 saturated carbocycles. The molecule has 3 atom stereocenters. The topological polar surface area (TPSA) is 109 Å². The Morgan fingerprint density at radius 3 is 2.97 bits per heavy atom. The second-order valence-corrected chi connectivity index (χ2v) is 8.38. The highest BCUT2D eigenvalue weighted by Gasteiger charge is 2.36. The number of aliphatic hydroxyl groups excluding tert-OH is 2. The number of aliphatic hydroxyl groups is 2. The number of aromatic nitrogens is 3. The lowest BCUT2D eigenvalue weighted by atomic mass is 9.90. The van der Waals surface area contributed by atoms with Crippen LogP contribution < -0.4 is 11.1 Å². The maximum Gasteiger partial charge on any atom is 0.146 e. The minimum absolute atomic E-state index is 0.380. The fraction of sp³-hybridized carbons (Fsp3) is 0.391. The molecule has 5 rings (SSSR count). The highest BCUT2D eigenvalue weighted by molar-refractivity contribution is 5.86. The van der Waals surface area contributed by atoms with Crippen molar-refractivity contribution in [2.45, 2.75) is 51.0 Å². The van der Waals surface area contributed by atoms with E-state index in [0.717, 1.165) is 36.9 Å². The normalized spacial score (nSPS) is 23.6. The fourth-order valence-electron chi connectivity index (χ4n) is 4.89. The number of nitrogens with zero attached hydrogens (tertiary/aromatic N) is 3. The second-order valence-electron chi connectivity index (χ2n) is 8.38. The van der Waals surface area contributed by atoms with Crippen molar-refractivity contribution >= 4 is 16.9 Å². The van der Waals surface area contributed by atoms with Gasteiger partial charge in [0.1, 0.15) is 30.0 Å². The number of fused-ring (bicyclic) bond motifs is 2. The average Bonchev–Trinajstić information content (AvgIpc) is 3.29. The Morgan fingerprint density at radius 1 is 1.23 bits per heavy atom. The monoisotopic (exact) mass is 405 g/mol. The van der Waals surface area contributed by atoms with E-state index in [1.165, 1.54) is 28.6 Å². The van der Waals surface area contributed by atoms with E-state index in [4.69, 9.17) is 5.73 Å². The Bertz CT molecular complexity index is 1140. The molecule has 0 fully saturated rings. The summed E-state index contributed by atoms with van der Waals surface area (Å²) in [5.74, 6) is 0.411. The first-order valence-corrected chi connectivity index (χ1v) is 10.5. The van der Waals surface area contributed by atoms with Crippen LogP contribution in [0.3, 0.4) is 0 Å². The number of aryl methyl sites for hydroxylation is 2. The molecule has 1 aromatic carbocycles. The van der Waals surface area contributed by atoms with Crippen LogP contribution in [-0.2, 0) is 19.4 Å². The molecule has 0 amide bonds. The highest BCUT2D eigenvalue weighted by atomic mass is 16.3. The van der Waals surface area contributed by atoms with Crippen molar-refractivity contribution in [3.63, 3.8) is 0 Å². The zero-order valence-electron chi connectivity index (χ0n) is 17.0. The van der Waals surface area contributed by atoms with Gasteiger partial charge in [0.15, 0.2) is 0 Å². The lowest BCUT2D eigenvalue weighted by Gasteiger charge is -2.22. The van der Waals surface area contributed by atoms with Gasteiger partial charge in [-0.05, 0) is 61.1 Å². The number of nitrogens with one attached hydrogen (secondary N) is 1. The van der Waals surface area contributed by atoms with Crippen molar-refractivity contribution in [1.82, 2.24) is 19.9 Å². The second kappa shape index (κ2) is 7.50. The van der Waals surface area contributed by atoms with Crippen LogP contribution in [0.4, 0.5) is 5.82 Å². The molecule has 3 heterocycles. The predicted octanol–water partition coefficient (Wildman–Crippen LogP) is 1.80. The molecule has 30 heavy (non-hydrogen) atoms. The van der Waals surface area contributed by atoms with Gasteiger partial charge in [0.25, 0.3) is 0 Å².